The fourth-order valence-corrected chi connectivity index (χ4v) is 1.68. The first-order chi connectivity index (χ1) is 8.88. The molecule has 1 aromatic rings. The molecule has 1 aliphatic rings. The summed E-state index contributed by atoms with van der Waals surface area (Å²) in [5.74, 6) is -3.43. The van der Waals surface area contributed by atoms with Crippen molar-refractivity contribution in [3.63, 3.8) is 0 Å². The standard InChI is InChI=1S/C11H9F4NO3/c12-9(13)19-7-3-1-6(2-4-7)8-11(14,15)5-18-10(17)16-8/h1-4,8-9H,5H2,(H,16,17)/t8-/m1/s1. The van der Waals surface area contributed by atoms with Gasteiger partial charge in [0.05, 0.1) is 0 Å². The largest absolute Gasteiger partial charge is 0.443 e. The predicted molar refractivity (Wildman–Crippen MR) is 55.2 cm³/mol. The van der Waals surface area contributed by atoms with Crippen molar-refractivity contribution in [2.24, 2.45) is 0 Å². The van der Waals surface area contributed by atoms with E-state index in [9.17, 15) is 22.4 Å². The average Bonchev–Trinajstić information content (AvgIpc) is 2.33. The van der Waals surface area contributed by atoms with Gasteiger partial charge >= 0.3 is 18.6 Å². The number of alkyl carbamates (subject to hydrolysis) is 1. The van der Waals surface area contributed by atoms with Gasteiger partial charge in [0, 0.05) is 0 Å². The molecule has 0 radical (unpaired) electrons. The maximum atomic E-state index is 13.5. The van der Waals surface area contributed by atoms with Crippen LogP contribution < -0.4 is 10.1 Å². The molecular weight excluding hydrogens is 270 g/mol. The smallest absolute Gasteiger partial charge is 0.408 e. The van der Waals surface area contributed by atoms with Crippen LogP contribution in [0.3, 0.4) is 0 Å². The molecule has 1 fully saturated rings. The summed E-state index contributed by atoms with van der Waals surface area (Å²) in [6, 6.07) is 3.05. The number of amides is 1. The second kappa shape index (κ2) is 4.94. The molecular formula is C11H9F4NO3. The Bertz CT molecular complexity index is 464. The van der Waals surface area contributed by atoms with Crippen LogP contribution in [0.5, 0.6) is 5.75 Å². The normalized spacial score (nSPS) is 21.7. The second-order valence-corrected chi connectivity index (χ2v) is 3.86. The molecule has 2 rings (SSSR count). The number of alkyl halides is 4. The van der Waals surface area contributed by atoms with Crippen LogP contribution in [0.2, 0.25) is 0 Å². The lowest BCUT2D eigenvalue weighted by molar-refractivity contribution is -0.104. The van der Waals surface area contributed by atoms with E-state index < -0.39 is 31.3 Å². The summed E-state index contributed by atoms with van der Waals surface area (Å²) in [6.07, 6.45) is -0.955. The Morgan fingerprint density at radius 1 is 1.32 bits per heavy atom. The first kappa shape index (κ1) is 13.4. The van der Waals surface area contributed by atoms with E-state index in [2.05, 4.69) is 9.47 Å². The molecule has 0 unspecified atom stereocenters. The number of halogens is 4. The Kier molecular flexibility index (Phi) is 3.50. The first-order valence-electron chi connectivity index (χ1n) is 5.24. The molecule has 1 amide bonds. The van der Waals surface area contributed by atoms with E-state index in [-0.39, 0.29) is 11.3 Å². The zero-order chi connectivity index (χ0) is 14.0. The summed E-state index contributed by atoms with van der Waals surface area (Å²) >= 11 is 0. The van der Waals surface area contributed by atoms with Crippen molar-refractivity contribution in [2.75, 3.05) is 6.61 Å². The Morgan fingerprint density at radius 3 is 2.53 bits per heavy atom. The summed E-state index contributed by atoms with van der Waals surface area (Å²) in [6.45, 7) is -4.02. The molecule has 104 valence electrons. The van der Waals surface area contributed by atoms with Crippen molar-refractivity contribution in [1.82, 2.24) is 5.32 Å². The number of cyclic esters (lactones) is 1. The molecule has 8 heteroatoms. The van der Waals surface area contributed by atoms with E-state index in [4.69, 9.17) is 0 Å². The Labute approximate surface area is 105 Å². The Morgan fingerprint density at radius 2 is 1.95 bits per heavy atom. The van der Waals surface area contributed by atoms with Gasteiger partial charge in [0.2, 0.25) is 0 Å². The van der Waals surface area contributed by atoms with Crippen molar-refractivity contribution in [2.45, 2.75) is 18.6 Å². The second-order valence-electron chi connectivity index (χ2n) is 3.86. The van der Waals surface area contributed by atoms with Crippen molar-refractivity contribution in [3.05, 3.63) is 29.8 Å². The third-order valence-electron chi connectivity index (χ3n) is 2.52. The summed E-state index contributed by atoms with van der Waals surface area (Å²) in [7, 11) is 0. The molecule has 0 spiro atoms. The van der Waals surface area contributed by atoms with Crippen LogP contribution in [0.1, 0.15) is 11.6 Å². The van der Waals surface area contributed by atoms with Gasteiger partial charge in [-0.05, 0) is 17.7 Å². The number of rotatable bonds is 3. The summed E-state index contributed by atoms with van der Waals surface area (Å²) < 4.78 is 59.3. The molecule has 1 heterocycles. The van der Waals surface area contributed by atoms with Crippen LogP contribution >= 0.6 is 0 Å². The molecule has 4 nitrogen and oxygen atoms in total. The van der Waals surface area contributed by atoms with Crippen molar-refractivity contribution < 1.29 is 31.8 Å². The topological polar surface area (TPSA) is 47.6 Å². The van der Waals surface area contributed by atoms with E-state index >= 15 is 0 Å². The Balaban J connectivity index is 2.18. The highest BCUT2D eigenvalue weighted by Gasteiger charge is 2.46. The van der Waals surface area contributed by atoms with Crippen LogP contribution in [-0.4, -0.2) is 25.2 Å². The minimum Gasteiger partial charge on any atom is -0.443 e. The number of ether oxygens (including phenoxy) is 2. The SMILES string of the molecule is O=C1N[C@H](c2ccc(OC(F)F)cc2)C(F)(F)CO1. The quantitative estimate of drug-likeness (QED) is 0.865. The van der Waals surface area contributed by atoms with Gasteiger partial charge in [-0.3, -0.25) is 0 Å². The van der Waals surface area contributed by atoms with Gasteiger partial charge in [-0.15, -0.1) is 0 Å². The molecule has 1 saturated heterocycles. The zero-order valence-corrected chi connectivity index (χ0v) is 9.41. The number of carbonyl (C=O) groups excluding carboxylic acids is 1. The van der Waals surface area contributed by atoms with Gasteiger partial charge < -0.3 is 14.8 Å². The van der Waals surface area contributed by atoms with Crippen LogP contribution in [-0.2, 0) is 4.74 Å². The highest BCUT2D eigenvalue weighted by Crippen LogP contribution is 2.35. The highest BCUT2D eigenvalue weighted by molar-refractivity contribution is 5.69. The van der Waals surface area contributed by atoms with Gasteiger partial charge in [0.1, 0.15) is 11.8 Å². The number of hydrogen-bond donors (Lipinski definition) is 1. The molecule has 19 heavy (non-hydrogen) atoms. The fourth-order valence-electron chi connectivity index (χ4n) is 1.68. The van der Waals surface area contributed by atoms with Crippen LogP contribution in [0, 0.1) is 0 Å². The summed E-state index contributed by atoms with van der Waals surface area (Å²) in [5, 5.41) is 1.98. The van der Waals surface area contributed by atoms with Gasteiger partial charge in [0.25, 0.3) is 0 Å². The van der Waals surface area contributed by atoms with E-state index in [1.165, 1.54) is 12.1 Å². The average molecular weight is 279 g/mol. The van der Waals surface area contributed by atoms with E-state index in [0.29, 0.717) is 0 Å². The van der Waals surface area contributed by atoms with Crippen LogP contribution in [0.15, 0.2) is 24.3 Å². The number of benzene rings is 1. The number of carbonyl (C=O) groups is 1. The molecule has 0 aliphatic carbocycles. The maximum Gasteiger partial charge on any atom is 0.408 e. The molecule has 0 saturated carbocycles. The first-order valence-corrected chi connectivity index (χ1v) is 5.24. The molecule has 1 aliphatic heterocycles. The van der Waals surface area contributed by atoms with Gasteiger partial charge in [-0.25, -0.2) is 13.6 Å². The summed E-state index contributed by atoms with van der Waals surface area (Å²) in [5.41, 5.74) is 0.0725. The van der Waals surface area contributed by atoms with Gasteiger partial charge in [-0.2, -0.15) is 8.78 Å². The minimum atomic E-state index is -3.28. The molecule has 0 aromatic heterocycles. The molecule has 1 atom stereocenters. The molecule has 1 aromatic carbocycles. The maximum absolute atomic E-state index is 13.5. The highest BCUT2D eigenvalue weighted by atomic mass is 19.3. The van der Waals surface area contributed by atoms with Crippen molar-refractivity contribution in [1.29, 1.82) is 0 Å². The monoisotopic (exact) mass is 279 g/mol. The van der Waals surface area contributed by atoms with Crippen molar-refractivity contribution in [3.8, 4) is 5.75 Å². The third-order valence-corrected chi connectivity index (χ3v) is 2.52. The lowest BCUT2D eigenvalue weighted by Crippen LogP contribution is -2.49. The van der Waals surface area contributed by atoms with Gasteiger partial charge in [0.15, 0.2) is 6.61 Å². The summed E-state index contributed by atoms with van der Waals surface area (Å²) in [4.78, 5) is 11.0. The van der Waals surface area contributed by atoms with E-state index in [1.807, 2.05) is 5.32 Å². The van der Waals surface area contributed by atoms with Crippen molar-refractivity contribution >= 4 is 6.09 Å². The number of nitrogens with one attached hydrogen (secondary N) is 1. The van der Waals surface area contributed by atoms with E-state index in [0.717, 1.165) is 12.1 Å². The number of hydrogen-bond acceptors (Lipinski definition) is 3. The van der Waals surface area contributed by atoms with Crippen LogP contribution in [0.25, 0.3) is 0 Å². The zero-order valence-electron chi connectivity index (χ0n) is 9.41. The predicted octanol–water partition coefficient (Wildman–Crippen LogP) is 2.70. The van der Waals surface area contributed by atoms with Crippen LogP contribution in [0.4, 0.5) is 22.4 Å². The molecule has 1 N–H and O–H groups in total. The fraction of sp³-hybridized carbons (Fsp3) is 0.364. The third kappa shape index (κ3) is 3.07. The Hall–Kier alpha value is -1.99. The molecule has 0 bridgehead atoms. The van der Waals surface area contributed by atoms with E-state index in [1.54, 1.807) is 0 Å². The minimum absolute atomic E-state index is 0.0725. The van der Waals surface area contributed by atoms with Gasteiger partial charge in [-0.1, -0.05) is 12.1 Å². The lowest BCUT2D eigenvalue weighted by atomic mass is 10.00. The lowest BCUT2D eigenvalue weighted by Gasteiger charge is -2.31.